The van der Waals surface area contributed by atoms with Crippen molar-refractivity contribution in [3.8, 4) is 0 Å². The highest BCUT2D eigenvalue weighted by Gasteiger charge is 2.36. The highest BCUT2D eigenvalue weighted by Crippen LogP contribution is 2.58. The average Bonchev–Trinajstić information content (AvgIpc) is 2.86. The van der Waals surface area contributed by atoms with Crippen LogP contribution in [0.4, 0.5) is 0 Å². The Morgan fingerprint density at radius 3 is 2.45 bits per heavy atom. The molecule has 0 saturated carbocycles. The van der Waals surface area contributed by atoms with Crippen LogP contribution in [0.1, 0.15) is 18.2 Å². The predicted molar refractivity (Wildman–Crippen MR) is 85.3 cm³/mol. The van der Waals surface area contributed by atoms with Crippen LogP contribution in [0.15, 0.2) is 15.8 Å². The van der Waals surface area contributed by atoms with Gasteiger partial charge in [-0.25, -0.2) is 4.79 Å². The van der Waals surface area contributed by atoms with E-state index in [-0.39, 0.29) is 12.0 Å². The van der Waals surface area contributed by atoms with Crippen molar-refractivity contribution >= 4 is 23.0 Å². The van der Waals surface area contributed by atoms with Crippen LogP contribution in [0.25, 0.3) is 0 Å². The first-order valence-corrected chi connectivity index (χ1v) is 12.6. The third kappa shape index (κ3) is 7.06. The molecule has 2 heterocycles. The van der Waals surface area contributed by atoms with Crippen LogP contribution in [0.3, 0.4) is 0 Å². The number of aromatic amines is 1. The molecule has 2 rings (SSSR count). The van der Waals surface area contributed by atoms with E-state index >= 15 is 0 Å². The number of hydrogen-bond acceptors (Lipinski definition) is 13. The molecule has 1 aromatic rings. The molecule has 1 aliphatic heterocycles. The number of ether oxygens (including phenoxy) is 1. The lowest BCUT2D eigenvalue weighted by Gasteiger charge is -2.38. The van der Waals surface area contributed by atoms with E-state index in [0.29, 0.717) is 0 Å². The van der Waals surface area contributed by atoms with Crippen molar-refractivity contribution in [1.82, 2.24) is 9.55 Å². The van der Waals surface area contributed by atoms with Crippen LogP contribution in [0.5, 0.6) is 0 Å². The van der Waals surface area contributed by atoms with Crippen LogP contribution < -0.4 is 30.8 Å². The molecule has 1 saturated heterocycles. The van der Waals surface area contributed by atoms with Gasteiger partial charge in [0.1, 0.15) is 27.5 Å². The van der Waals surface area contributed by atoms with Crippen LogP contribution in [0, 0.1) is 6.92 Å². The highest BCUT2D eigenvalue weighted by molar-refractivity contribution is 7.72. The van der Waals surface area contributed by atoms with Gasteiger partial charge in [-0.15, -0.1) is 0 Å². The van der Waals surface area contributed by atoms with E-state index in [1.807, 2.05) is 4.98 Å². The van der Waals surface area contributed by atoms with Crippen molar-refractivity contribution < 1.29 is 51.9 Å². The van der Waals surface area contributed by atoms with Gasteiger partial charge >= 0.3 is 5.69 Å². The summed E-state index contributed by atoms with van der Waals surface area (Å²) >= 11 is 0. The van der Waals surface area contributed by atoms with Crippen molar-refractivity contribution in [3.05, 3.63) is 32.6 Å². The summed E-state index contributed by atoms with van der Waals surface area (Å²) < 4.78 is 47.2. The fraction of sp³-hybridized carbons (Fsp3) is 0.636. The standard InChI is InChI=1S/C11H19N2O13P3/c1-6-3-13(11(16)12-10(6)15)9-2-7(14)8(25-9)4-24-27(17,18)5-28(19,20)26-29(21,22)23/h3,7-9,14H,2,4-5H2,1H3,(H,17,18)(H,19,20)(H,12,15,16)(H2,21,22,23)/p-4/t7-,8+,9+/m0/s1. The lowest BCUT2D eigenvalue weighted by atomic mass is 10.2. The van der Waals surface area contributed by atoms with E-state index in [1.54, 1.807) is 0 Å². The summed E-state index contributed by atoms with van der Waals surface area (Å²) in [6.45, 7) is 0.544. The maximum Gasteiger partial charge on any atom is 0.330 e. The second-order valence-electron chi connectivity index (χ2n) is 6.10. The molecule has 2 unspecified atom stereocenters. The minimum atomic E-state index is -5.99. The molecule has 0 aromatic carbocycles. The molecule has 15 nitrogen and oxygen atoms in total. The Morgan fingerprint density at radius 1 is 1.24 bits per heavy atom. The normalized spacial score (nSPS) is 26.8. The largest absolute Gasteiger partial charge is 0.790 e. The first kappa shape index (κ1) is 24.3. The van der Waals surface area contributed by atoms with E-state index in [2.05, 4.69) is 8.83 Å². The van der Waals surface area contributed by atoms with Crippen LogP contribution in [-0.4, -0.2) is 39.4 Å². The quantitative estimate of drug-likeness (QED) is 0.345. The van der Waals surface area contributed by atoms with E-state index in [4.69, 9.17) is 4.74 Å². The smallest absolute Gasteiger partial charge is 0.330 e. The minimum Gasteiger partial charge on any atom is -0.790 e. The molecule has 1 fully saturated rings. The summed E-state index contributed by atoms with van der Waals surface area (Å²) in [4.78, 5) is 68.9. The molecule has 0 amide bonds. The second-order valence-corrected chi connectivity index (χ2v) is 11.5. The van der Waals surface area contributed by atoms with Gasteiger partial charge in [0.05, 0.1) is 26.4 Å². The molecular weight excluding hydrogens is 461 g/mol. The first-order valence-electron chi connectivity index (χ1n) is 7.72. The van der Waals surface area contributed by atoms with Crippen LogP contribution in [-0.2, 0) is 27.3 Å². The Morgan fingerprint density at radius 2 is 1.86 bits per heavy atom. The third-order valence-electron chi connectivity index (χ3n) is 3.67. The number of aliphatic hydroxyl groups is 1. The van der Waals surface area contributed by atoms with E-state index < -0.39 is 65.2 Å². The van der Waals surface area contributed by atoms with Gasteiger partial charge in [-0.2, -0.15) is 0 Å². The molecule has 1 aromatic heterocycles. The summed E-state index contributed by atoms with van der Waals surface area (Å²) in [5.74, 6) is -1.92. The molecule has 1 aliphatic rings. The van der Waals surface area contributed by atoms with E-state index in [0.717, 1.165) is 4.57 Å². The summed E-state index contributed by atoms with van der Waals surface area (Å²) in [6.07, 6.45) is -2.71. The van der Waals surface area contributed by atoms with Gasteiger partial charge in [-0.3, -0.25) is 14.3 Å². The Hall–Kier alpha value is -0.950. The number of nitrogens with zero attached hydrogens (tertiary/aromatic N) is 1. The van der Waals surface area contributed by atoms with Gasteiger partial charge < -0.3 is 51.9 Å². The SMILES string of the molecule is Cc1cn([C@H]2C[C@H](O)[C@@H](COP(=O)([O-])CP(=O)([O-])OP(=O)([O-])[O-])O2)c(=O)[nH]c1=O. The van der Waals surface area contributed by atoms with Crippen molar-refractivity contribution in [2.24, 2.45) is 0 Å². The van der Waals surface area contributed by atoms with Crippen molar-refractivity contribution in [2.75, 3.05) is 12.5 Å². The molecule has 0 bridgehead atoms. The maximum atomic E-state index is 11.8. The molecule has 0 spiro atoms. The summed E-state index contributed by atoms with van der Waals surface area (Å²) in [5, 5.41) is 9.97. The topological polar surface area (TPSA) is 246 Å². The van der Waals surface area contributed by atoms with Crippen LogP contribution >= 0.6 is 23.0 Å². The lowest BCUT2D eigenvalue weighted by Crippen LogP contribution is -2.33. The molecule has 166 valence electrons. The molecule has 29 heavy (non-hydrogen) atoms. The molecule has 2 N–H and O–H groups in total. The Balaban J connectivity index is 2.03. The maximum absolute atomic E-state index is 11.8. The molecule has 0 radical (unpaired) electrons. The monoisotopic (exact) mass is 476 g/mol. The number of H-pyrrole nitrogens is 1. The molecule has 18 heteroatoms. The predicted octanol–water partition coefficient (Wildman–Crippen LogP) is -3.58. The van der Waals surface area contributed by atoms with Crippen molar-refractivity contribution in [1.29, 1.82) is 0 Å². The minimum absolute atomic E-state index is 0.173. The molecule has 0 aliphatic carbocycles. The zero-order valence-electron chi connectivity index (χ0n) is 14.6. The second kappa shape index (κ2) is 8.66. The van der Waals surface area contributed by atoms with E-state index in [1.165, 1.54) is 13.1 Å². The first-order chi connectivity index (χ1) is 13.1. The van der Waals surface area contributed by atoms with Gasteiger partial charge in [0, 0.05) is 18.2 Å². The van der Waals surface area contributed by atoms with E-state index in [9.17, 15) is 48.0 Å². The number of aliphatic hydroxyl groups excluding tert-OH is 1. The number of rotatable bonds is 8. The fourth-order valence-corrected chi connectivity index (χ4v) is 6.74. The van der Waals surface area contributed by atoms with Crippen LogP contribution in [0.2, 0.25) is 0 Å². The summed E-state index contributed by atoms with van der Waals surface area (Å²) in [7, 11) is -16.9. The Bertz CT molecular complexity index is 1010. The highest BCUT2D eigenvalue weighted by atomic mass is 31.3. The number of aryl methyl sites for hydroxylation is 1. The van der Waals surface area contributed by atoms with Gasteiger partial charge in [-0.1, -0.05) is 0 Å². The fourth-order valence-electron chi connectivity index (χ4n) is 2.45. The van der Waals surface area contributed by atoms with Gasteiger partial charge in [0.25, 0.3) is 5.56 Å². The Labute approximate surface area is 162 Å². The third-order valence-corrected chi connectivity index (χ3v) is 8.78. The number of nitrogens with one attached hydrogen (secondary N) is 1. The van der Waals surface area contributed by atoms with Gasteiger partial charge in [0.2, 0.25) is 0 Å². The van der Waals surface area contributed by atoms with Gasteiger partial charge in [0.15, 0.2) is 0 Å². The molecular formula is C11H15N2O13P3-4. The molecule has 5 atom stereocenters. The van der Waals surface area contributed by atoms with Crippen molar-refractivity contribution in [2.45, 2.75) is 31.8 Å². The Kier molecular flexibility index (Phi) is 7.26. The number of aromatic nitrogens is 2. The van der Waals surface area contributed by atoms with Crippen molar-refractivity contribution in [3.63, 3.8) is 0 Å². The number of hydrogen-bond donors (Lipinski definition) is 2. The zero-order chi connectivity index (χ0) is 22.2. The summed E-state index contributed by atoms with van der Waals surface area (Å²) in [5.41, 5.74) is -1.29. The summed E-state index contributed by atoms with van der Waals surface area (Å²) in [6, 6.07) is 0. The lowest BCUT2D eigenvalue weighted by molar-refractivity contribution is -0.337. The average molecular weight is 476 g/mol. The number of phosphoric acid groups is 1. The van der Waals surface area contributed by atoms with Gasteiger partial charge in [-0.05, 0) is 6.92 Å². The zero-order valence-corrected chi connectivity index (χ0v) is 17.2.